The molecular formula is C116H226O30S. The van der Waals surface area contributed by atoms with E-state index in [0.29, 0.717) is 0 Å². The van der Waals surface area contributed by atoms with E-state index in [1.54, 1.807) is 39.5 Å². The van der Waals surface area contributed by atoms with E-state index in [4.69, 9.17) is 14.2 Å². The summed E-state index contributed by atoms with van der Waals surface area (Å²) in [5.74, 6) is -3.77. The first-order valence-electron chi connectivity index (χ1n) is 47.8. The lowest BCUT2D eigenvalue weighted by atomic mass is 9.74. The van der Waals surface area contributed by atoms with Crippen molar-refractivity contribution in [3.63, 3.8) is 0 Å². The van der Waals surface area contributed by atoms with Gasteiger partial charge < -0.3 is 56.8 Å². The zero-order valence-corrected chi connectivity index (χ0v) is 93.3. The largest absolute Gasteiger partial charge is 0.469 e. The molecule has 0 unspecified atom stereocenters. The number of ether oxygens (including phenoxy) is 12. The summed E-state index contributed by atoms with van der Waals surface area (Å²) < 4.78 is 56.9. The van der Waals surface area contributed by atoms with Crippen molar-refractivity contribution in [2.75, 3.05) is 97.3 Å². The molecule has 1 aromatic rings. The van der Waals surface area contributed by atoms with Crippen LogP contribution < -0.4 is 0 Å². The maximum Gasteiger partial charge on any atom is 0.306 e. The van der Waals surface area contributed by atoms with Gasteiger partial charge in [-0.3, -0.25) is 86.3 Å². The van der Waals surface area contributed by atoms with Crippen molar-refractivity contribution in [1.82, 2.24) is 0 Å². The molecule has 0 heterocycles. The summed E-state index contributed by atoms with van der Waals surface area (Å²) in [5, 5.41) is 0. The second-order valence-electron chi connectivity index (χ2n) is 38.7. The Morgan fingerprint density at radius 3 is 0.728 bits per heavy atom. The Labute approximate surface area is 902 Å². The van der Waals surface area contributed by atoms with Crippen LogP contribution in [0.1, 0.15) is 377 Å². The predicted molar refractivity (Wildman–Crippen MR) is 603 cm³/mol. The summed E-state index contributed by atoms with van der Waals surface area (Å²) in [6.45, 7) is 58.3. The van der Waals surface area contributed by atoms with E-state index in [1.807, 2.05) is 224 Å². The highest BCUT2D eigenvalue weighted by atomic mass is 32.2. The minimum atomic E-state index is -0.657. The molecule has 1 aromatic carbocycles. The molecule has 31 heteroatoms. The lowest BCUT2D eigenvalue weighted by Gasteiger charge is -2.32. The minimum Gasteiger partial charge on any atom is -0.469 e. The molecular weight excluding hydrogens is 1910 g/mol. The van der Waals surface area contributed by atoms with Gasteiger partial charge in [-0.1, -0.05) is 304 Å². The van der Waals surface area contributed by atoms with E-state index < -0.39 is 29.3 Å². The van der Waals surface area contributed by atoms with Crippen LogP contribution in [-0.4, -0.2) is 221 Å². The molecule has 147 heavy (non-hydrogen) atoms. The van der Waals surface area contributed by atoms with Crippen molar-refractivity contribution >= 4 is 118 Å². The zero-order valence-electron chi connectivity index (χ0n) is 92.5. The molecule has 30 nitrogen and oxygen atoms in total. The molecule has 0 fully saturated rings. The van der Waals surface area contributed by atoms with Gasteiger partial charge in [-0.15, -0.1) is 0 Å². The number of rotatable bonds is 51. The summed E-state index contributed by atoms with van der Waals surface area (Å²) >= 11 is 1.69. The summed E-state index contributed by atoms with van der Waals surface area (Å²) in [5.41, 5.74) is 0.0158. The van der Waals surface area contributed by atoms with Crippen LogP contribution in [0.2, 0.25) is 0 Å². The van der Waals surface area contributed by atoms with Crippen LogP contribution in [0.25, 0.3) is 0 Å². The number of benzene rings is 1. The molecule has 0 aromatic heterocycles. The Hall–Kier alpha value is -8.29. The standard InChI is InChI=1S/C14H18O3.C12H22O4.3C12H22O3.2C11H20O4.C11H20O3S.C11H20O3.10CH4/c1-10(2)14(16)12(9-13(15)17-3)11-7-5-4-6-8-11;1-8(2)11(14)9(7-10(13)15-5)12(3,4)16-6;1-8(2)11(14)9(12(3,4)5)7-10(13)15-6;2*1-6-9(4)10(7-11(13)15-5)12(14)8(2)3;2*1-7(2)11(13)9(8(3)14-4)6-10(12)15-5;1-8(2)11(13)9(5-6-15-4)7-10(12)14-3;1-7(2)9(6-10(12)14-5)11(13)8(3)4;;;;;;;;;;/h4-8,10,12H,9H2,1-3H3;8-9H,7H2,1-6H3;8-9H,7H2,1-6H3;2*8-10H,6-7H2,1-5H3;2*7-9H,6H2,1-5H3;8-9H,5-7H2,1-4H3;7-9H,6H2,1-5H3;10*1H4/t12-;2*9-;9-,10+;9-,10-;8-,9+;8-,9-;2*9-;;;;;;;;;;/m011101010........../s1. The molecule has 0 spiro atoms. The summed E-state index contributed by atoms with van der Waals surface area (Å²) in [6, 6.07) is 9.36. The number of Topliss-reactive ketones (excluding diaryl/α,β-unsaturated/α-hetero) is 9. The maximum atomic E-state index is 12.1. The van der Waals surface area contributed by atoms with E-state index in [2.05, 4.69) is 42.6 Å². The first-order valence-corrected chi connectivity index (χ1v) is 49.2. The van der Waals surface area contributed by atoms with Gasteiger partial charge in [-0.2, -0.15) is 11.8 Å². The molecule has 0 saturated carbocycles. The topological polar surface area (TPSA) is 418 Å². The number of hydrogen-bond donors (Lipinski definition) is 0. The van der Waals surface area contributed by atoms with Crippen molar-refractivity contribution in [2.24, 2.45) is 124 Å². The van der Waals surface area contributed by atoms with E-state index in [1.165, 1.54) is 85.3 Å². The van der Waals surface area contributed by atoms with Gasteiger partial charge in [0.2, 0.25) is 0 Å². The summed E-state index contributed by atoms with van der Waals surface area (Å²) in [6.07, 6.45) is 5.39. The molecule has 0 amide bonds. The van der Waals surface area contributed by atoms with Gasteiger partial charge in [-0.05, 0) is 74.9 Å². The summed E-state index contributed by atoms with van der Waals surface area (Å²) in [4.78, 5) is 208. The third-order valence-corrected chi connectivity index (χ3v) is 24.2. The maximum absolute atomic E-state index is 12.1. The second-order valence-corrected chi connectivity index (χ2v) is 39.7. The third-order valence-electron chi connectivity index (χ3n) is 23.5. The Morgan fingerprint density at radius 1 is 0.272 bits per heavy atom. The average Bonchev–Trinajstić information content (AvgIpc) is 0.834. The van der Waals surface area contributed by atoms with Crippen LogP contribution in [0.5, 0.6) is 0 Å². The molecule has 876 valence electrons. The Balaban J connectivity index is -0.0000000790. The van der Waals surface area contributed by atoms with Crippen molar-refractivity contribution in [3.8, 4) is 0 Å². The zero-order chi connectivity index (χ0) is 109. The molecule has 0 radical (unpaired) electrons. The number of thioether (sulfide) groups is 1. The van der Waals surface area contributed by atoms with Gasteiger partial charge in [0.1, 0.15) is 52.0 Å². The number of ketones is 9. The normalized spacial score (nSPS) is 12.9. The van der Waals surface area contributed by atoms with Gasteiger partial charge in [0.15, 0.2) is 0 Å². The molecule has 0 aliphatic carbocycles. The average molecular weight is 2130 g/mol. The monoisotopic (exact) mass is 2130 g/mol. The van der Waals surface area contributed by atoms with Crippen LogP contribution in [0.3, 0.4) is 0 Å². The highest BCUT2D eigenvalue weighted by Gasteiger charge is 2.40. The Bertz CT molecular complexity index is 3470. The van der Waals surface area contributed by atoms with Crippen LogP contribution in [0.15, 0.2) is 30.3 Å². The second kappa shape index (κ2) is 99.7. The van der Waals surface area contributed by atoms with E-state index in [0.717, 1.165) is 30.6 Å². The van der Waals surface area contributed by atoms with E-state index in [-0.39, 0.29) is 356 Å². The van der Waals surface area contributed by atoms with Crippen molar-refractivity contribution in [2.45, 2.75) is 390 Å². The highest BCUT2D eigenvalue weighted by Crippen LogP contribution is 2.34. The fourth-order valence-corrected chi connectivity index (χ4v) is 13.7. The van der Waals surface area contributed by atoms with Gasteiger partial charge in [0.25, 0.3) is 0 Å². The number of carbonyl (C=O) groups excluding carboxylic acids is 18. The first-order chi connectivity index (χ1) is 63.2. The number of hydrogen-bond acceptors (Lipinski definition) is 31. The molecule has 0 aliphatic rings. The quantitative estimate of drug-likeness (QED) is 0.0432. The fraction of sp³-hybridized carbons (Fsp3) is 0.793. The van der Waals surface area contributed by atoms with Crippen molar-refractivity contribution in [1.29, 1.82) is 0 Å². The van der Waals surface area contributed by atoms with Crippen LogP contribution in [0.4, 0.5) is 0 Å². The SMILES string of the molecule is C.C.C.C.C.C.C.C.C.C.CC[C@@H](C)[C@H](CC(=O)OC)C(=O)C(C)C.CC[C@H](C)[C@H](CC(=O)OC)C(=O)C(C)C.COC(=O)C[C@@H](CCSC)C(=O)C(C)C.COC(=O)C[C@H](C(=O)C(C)C)C(C)(C)C.COC(=O)C[C@H](C(=O)C(C)C)C(C)(C)OC.COC(=O)C[C@H](C(=O)C(C)C)C(C)C.COC(=O)C[C@H](C(=O)C(C)C)[C@@H](C)OC.COC(=O)C[C@H](C(=O)C(C)C)[C@H](C)OC.COC(=O)C[C@H](C(=O)C(C)C)c1ccccc1. The molecule has 0 saturated heterocycles. The van der Waals surface area contributed by atoms with Gasteiger partial charge in [-0.25, -0.2) is 0 Å². The van der Waals surface area contributed by atoms with Crippen LogP contribution >= 0.6 is 11.8 Å². The lowest BCUT2D eigenvalue weighted by Crippen LogP contribution is -2.42. The number of carbonyl (C=O) groups is 18. The predicted octanol–water partition coefficient (Wildman–Crippen LogP) is 25.1. The van der Waals surface area contributed by atoms with Crippen LogP contribution in [-0.2, 0) is 143 Å². The van der Waals surface area contributed by atoms with Crippen molar-refractivity contribution < 1.29 is 143 Å². The molecule has 1 rings (SSSR count). The van der Waals surface area contributed by atoms with E-state index >= 15 is 0 Å². The Kier molecular flexibility index (Phi) is 122. The first kappa shape index (κ1) is 181. The van der Waals surface area contributed by atoms with Gasteiger partial charge in [0.05, 0.1) is 163 Å². The molecule has 0 aliphatic heterocycles. The smallest absolute Gasteiger partial charge is 0.306 e. The number of methoxy groups -OCH3 is 12. The van der Waals surface area contributed by atoms with Crippen LogP contribution in [0, 0.1) is 124 Å². The lowest BCUT2D eigenvalue weighted by molar-refractivity contribution is -0.151. The summed E-state index contributed by atoms with van der Waals surface area (Å²) in [7, 11) is 16.7. The molecule has 0 bridgehead atoms. The molecule has 13 atom stereocenters. The minimum absolute atomic E-state index is 0. The van der Waals surface area contributed by atoms with Gasteiger partial charge in [0, 0.05) is 104 Å². The third kappa shape index (κ3) is 81.2. The fourth-order valence-electron chi connectivity index (χ4n) is 13.2. The number of esters is 9. The van der Waals surface area contributed by atoms with Gasteiger partial charge >= 0.3 is 53.7 Å². The van der Waals surface area contributed by atoms with Crippen molar-refractivity contribution in [3.05, 3.63) is 35.9 Å². The molecule has 0 N–H and O–H groups in total. The van der Waals surface area contributed by atoms with E-state index in [9.17, 15) is 86.3 Å². The Morgan fingerprint density at radius 2 is 0.497 bits per heavy atom. The highest BCUT2D eigenvalue weighted by molar-refractivity contribution is 7.98.